The third kappa shape index (κ3) is 6.72. The van der Waals surface area contributed by atoms with Gasteiger partial charge in [-0.3, -0.25) is 14.5 Å². The summed E-state index contributed by atoms with van der Waals surface area (Å²) in [5.74, 6) is 0.445. The fraction of sp³-hybridized carbons (Fsp3) is 0.550. The second-order valence-corrected chi connectivity index (χ2v) is 14.1. The van der Waals surface area contributed by atoms with Crippen LogP contribution in [0.5, 0.6) is 0 Å². The zero-order valence-electron chi connectivity index (χ0n) is 28.8. The standard InChI is InChI=1S/C40H52N4O4/c1-3-8-28(9-4-2)37-35-14-13-30(39(45)41-26-33-11-7-21-48-33)25-36(35)44-27-31(24-29-10-5-6-12-34(29)38(37)44)40(46)43-17-15-32(16-18-43)42-19-22-47-23-20-42/h5-6,10,12-14,24-25,28,32-33H,3-4,7-9,11,15-23,26-27H2,1-2H3,(H,41,45)/t33-/m0/s1. The second-order valence-electron chi connectivity index (χ2n) is 14.1. The van der Waals surface area contributed by atoms with Gasteiger partial charge < -0.3 is 24.3 Å². The van der Waals surface area contributed by atoms with Gasteiger partial charge in [-0.1, -0.05) is 57.0 Å². The van der Waals surface area contributed by atoms with Crippen LogP contribution in [0.4, 0.5) is 0 Å². The van der Waals surface area contributed by atoms with Crippen molar-refractivity contribution in [2.45, 2.75) is 89.8 Å². The molecule has 1 aromatic heterocycles. The lowest BCUT2D eigenvalue weighted by atomic mass is 9.86. The average Bonchev–Trinajstić information content (AvgIpc) is 3.72. The van der Waals surface area contributed by atoms with Gasteiger partial charge in [0.1, 0.15) is 0 Å². The normalized spacial score (nSPS) is 20.4. The molecule has 8 nitrogen and oxygen atoms in total. The van der Waals surface area contributed by atoms with Crippen LogP contribution < -0.4 is 5.32 Å². The van der Waals surface area contributed by atoms with Crippen LogP contribution in [0.3, 0.4) is 0 Å². The molecule has 4 aliphatic heterocycles. The molecule has 0 radical (unpaired) electrons. The number of rotatable bonds is 10. The van der Waals surface area contributed by atoms with E-state index in [1.165, 1.54) is 22.2 Å². The van der Waals surface area contributed by atoms with Crippen LogP contribution in [-0.4, -0.2) is 90.9 Å². The first kappa shape index (κ1) is 33.1. The predicted octanol–water partition coefficient (Wildman–Crippen LogP) is 6.62. The van der Waals surface area contributed by atoms with Gasteiger partial charge in [0.05, 0.1) is 31.6 Å². The van der Waals surface area contributed by atoms with E-state index in [9.17, 15) is 9.59 Å². The highest BCUT2D eigenvalue weighted by molar-refractivity contribution is 6.04. The van der Waals surface area contributed by atoms with Crippen LogP contribution >= 0.6 is 0 Å². The summed E-state index contributed by atoms with van der Waals surface area (Å²) in [5, 5.41) is 4.32. The number of ether oxygens (including phenoxy) is 2. The van der Waals surface area contributed by atoms with Gasteiger partial charge in [-0.05, 0) is 73.8 Å². The quantitative estimate of drug-likeness (QED) is 0.267. The number of benzene rings is 2. The molecule has 1 N–H and O–H groups in total. The lowest BCUT2D eigenvalue weighted by Crippen LogP contribution is -2.50. The Balaban J connectivity index is 1.26. The first-order valence-corrected chi connectivity index (χ1v) is 18.5. The molecule has 2 amide bonds. The van der Waals surface area contributed by atoms with Gasteiger partial charge in [-0.2, -0.15) is 0 Å². The maximum absolute atomic E-state index is 14.4. The molecular weight excluding hydrogens is 600 g/mol. The van der Waals surface area contributed by atoms with Crippen LogP contribution in [0, 0.1) is 0 Å². The molecule has 0 unspecified atom stereocenters. The van der Waals surface area contributed by atoms with Crippen molar-refractivity contribution < 1.29 is 19.1 Å². The average molecular weight is 653 g/mol. The van der Waals surface area contributed by atoms with Crippen molar-refractivity contribution in [1.82, 2.24) is 19.7 Å². The van der Waals surface area contributed by atoms with E-state index < -0.39 is 0 Å². The summed E-state index contributed by atoms with van der Waals surface area (Å²) >= 11 is 0. The highest BCUT2D eigenvalue weighted by Gasteiger charge is 2.33. The van der Waals surface area contributed by atoms with Crippen LogP contribution in [0.1, 0.15) is 92.6 Å². The molecule has 4 aliphatic rings. The summed E-state index contributed by atoms with van der Waals surface area (Å²) in [6.45, 7) is 11.4. The fourth-order valence-electron chi connectivity index (χ4n) is 8.58. The third-order valence-electron chi connectivity index (χ3n) is 11.0. The number of amides is 2. The largest absolute Gasteiger partial charge is 0.379 e. The van der Waals surface area contributed by atoms with Crippen molar-refractivity contribution in [2.75, 3.05) is 52.5 Å². The fourth-order valence-corrected chi connectivity index (χ4v) is 8.58. The third-order valence-corrected chi connectivity index (χ3v) is 11.0. The molecule has 0 saturated carbocycles. The number of carbonyl (C=O) groups excluding carboxylic acids is 2. The van der Waals surface area contributed by atoms with Gasteiger partial charge in [0.25, 0.3) is 11.8 Å². The van der Waals surface area contributed by atoms with E-state index in [1.807, 2.05) is 6.07 Å². The maximum atomic E-state index is 14.4. The van der Waals surface area contributed by atoms with E-state index >= 15 is 0 Å². The number of hydrogen-bond donors (Lipinski definition) is 1. The van der Waals surface area contributed by atoms with E-state index in [1.54, 1.807) is 0 Å². The highest BCUT2D eigenvalue weighted by atomic mass is 16.5. The Bertz CT molecular complexity index is 1630. The molecule has 0 aliphatic carbocycles. The van der Waals surface area contributed by atoms with E-state index in [-0.39, 0.29) is 17.9 Å². The second kappa shape index (κ2) is 15.0. The Kier molecular flexibility index (Phi) is 10.3. The molecule has 256 valence electrons. The van der Waals surface area contributed by atoms with Crippen molar-refractivity contribution in [3.8, 4) is 11.3 Å². The molecule has 3 saturated heterocycles. The Morgan fingerprint density at radius 3 is 2.44 bits per heavy atom. The van der Waals surface area contributed by atoms with Crippen LogP contribution in [-0.2, 0) is 20.8 Å². The minimum absolute atomic E-state index is 0.0767. The van der Waals surface area contributed by atoms with Crippen LogP contribution in [0.25, 0.3) is 28.2 Å². The van der Waals surface area contributed by atoms with E-state index in [4.69, 9.17) is 9.47 Å². The number of hydrogen-bond acceptors (Lipinski definition) is 5. The van der Waals surface area contributed by atoms with Crippen molar-refractivity contribution >= 4 is 28.8 Å². The number of carbonyl (C=O) groups is 2. The summed E-state index contributed by atoms with van der Waals surface area (Å²) in [6.07, 6.45) is 10.7. The van der Waals surface area contributed by atoms with Crippen molar-refractivity contribution in [1.29, 1.82) is 0 Å². The van der Waals surface area contributed by atoms with E-state index in [0.29, 0.717) is 30.6 Å². The smallest absolute Gasteiger partial charge is 0.251 e. The monoisotopic (exact) mass is 652 g/mol. The Labute approximate surface area is 285 Å². The number of aromatic nitrogens is 1. The first-order chi connectivity index (χ1) is 23.6. The number of likely N-dealkylation sites (tertiary alicyclic amines) is 1. The van der Waals surface area contributed by atoms with Gasteiger partial charge in [-0.25, -0.2) is 0 Å². The molecule has 48 heavy (non-hydrogen) atoms. The Hall–Kier alpha value is -3.46. The zero-order valence-corrected chi connectivity index (χ0v) is 28.8. The molecule has 0 bridgehead atoms. The molecule has 7 rings (SSSR count). The summed E-state index contributed by atoms with van der Waals surface area (Å²) in [6, 6.07) is 15.3. The zero-order chi connectivity index (χ0) is 33.0. The first-order valence-electron chi connectivity index (χ1n) is 18.5. The maximum Gasteiger partial charge on any atom is 0.251 e. The number of piperidine rings is 1. The number of nitrogens with one attached hydrogen (secondary N) is 1. The molecular formula is C40H52N4O4. The van der Waals surface area contributed by atoms with Gasteiger partial charge in [0.2, 0.25) is 0 Å². The summed E-state index contributed by atoms with van der Waals surface area (Å²) in [5.41, 5.74) is 7.31. The molecule has 5 heterocycles. The lowest BCUT2D eigenvalue weighted by molar-refractivity contribution is -0.129. The molecule has 8 heteroatoms. The van der Waals surface area contributed by atoms with Crippen LogP contribution in [0.2, 0.25) is 0 Å². The number of nitrogens with zero attached hydrogens (tertiary/aromatic N) is 3. The SMILES string of the molecule is CCCC(CCC)c1c2n(c3cc(C(=O)NC[C@@H]4CCCO4)ccc13)CC(C(=O)N1CCC(N3CCOCC3)CC1)=Cc1ccccc1-2. The Morgan fingerprint density at radius 1 is 0.938 bits per heavy atom. The topological polar surface area (TPSA) is 76.0 Å². The van der Waals surface area contributed by atoms with Crippen LogP contribution in [0.15, 0.2) is 48.0 Å². The summed E-state index contributed by atoms with van der Waals surface area (Å²) in [4.78, 5) is 32.5. The van der Waals surface area contributed by atoms with Gasteiger partial charge in [0, 0.05) is 73.0 Å². The van der Waals surface area contributed by atoms with Crippen molar-refractivity contribution in [2.24, 2.45) is 0 Å². The van der Waals surface area contributed by atoms with Crippen molar-refractivity contribution in [3.63, 3.8) is 0 Å². The Morgan fingerprint density at radius 2 is 1.71 bits per heavy atom. The van der Waals surface area contributed by atoms with E-state index in [2.05, 4.69) is 76.0 Å². The van der Waals surface area contributed by atoms with Gasteiger partial charge in [0.15, 0.2) is 0 Å². The minimum Gasteiger partial charge on any atom is -0.379 e. The van der Waals surface area contributed by atoms with Crippen molar-refractivity contribution in [3.05, 3.63) is 64.7 Å². The molecule has 1 atom stereocenters. The predicted molar refractivity (Wildman–Crippen MR) is 191 cm³/mol. The molecule has 3 fully saturated rings. The molecule has 3 aromatic rings. The summed E-state index contributed by atoms with van der Waals surface area (Å²) in [7, 11) is 0. The summed E-state index contributed by atoms with van der Waals surface area (Å²) < 4.78 is 13.7. The number of fused-ring (bicyclic) bond motifs is 5. The van der Waals surface area contributed by atoms with Gasteiger partial charge >= 0.3 is 0 Å². The molecule has 0 spiro atoms. The highest BCUT2D eigenvalue weighted by Crippen LogP contribution is 2.45. The lowest BCUT2D eigenvalue weighted by Gasteiger charge is -2.40. The molecule has 2 aromatic carbocycles. The van der Waals surface area contributed by atoms with Gasteiger partial charge in [-0.15, -0.1) is 0 Å². The van der Waals surface area contributed by atoms with E-state index in [0.717, 1.165) is 114 Å². The number of morpholine rings is 1. The minimum atomic E-state index is -0.0767.